The number of anilines is 1. The zero-order valence-corrected chi connectivity index (χ0v) is 12.9. The minimum absolute atomic E-state index is 0.0633. The molecule has 5 N–H and O–H groups in total. The molecule has 2 rings (SSSR count). The predicted octanol–water partition coefficient (Wildman–Crippen LogP) is 0.230. The van der Waals surface area contributed by atoms with Crippen molar-refractivity contribution in [2.24, 2.45) is 11.7 Å². The molecule has 1 saturated heterocycles. The third kappa shape index (κ3) is 5.71. The maximum atomic E-state index is 12.0. The van der Waals surface area contributed by atoms with Gasteiger partial charge in [-0.2, -0.15) is 0 Å². The van der Waals surface area contributed by atoms with Gasteiger partial charge in [0.1, 0.15) is 0 Å². The van der Waals surface area contributed by atoms with Crippen molar-refractivity contribution in [3.05, 3.63) is 29.8 Å². The number of carbonyl (C=O) groups is 3. The minimum atomic E-state index is -0.607. The first-order valence-electron chi connectivity index (χ1n) is 7.71. The van der Waals surface area contributed by atoms with E-state index >= 15 is 0 Å². The Bertz CT molecular complexity index is 582. The smallest absolute Gasteiger partial charge is 0.251 e. The Morgan fingerprint density at radius 2 is 2.13 bits per heavy atom. The molecule has 7 heteroatoms. The molecule has 7 nitrogen and oxygen atoms in total. The molecule has 0 radical (unpaired) electrons. The number of nitrogens with two attached hydrogens (primary N) is 1. The number of benzene rings is 1. The Kier molecular flexibility index (Phi) is 6.10. The standard InChI is InChI=1S/C16H22N4O3/c17-14(21)10-19-16(23)12-2-1-3-13(8-12)20-15(22)5-4-11-6-7-18-9-11/h1-3,8,11,18H,4-7,9-10H2,(H2,17,21)(H,19,23)(H,20,22). The number of hydrogen-bond acceptors (Lipinski definition) is 4. The highest BCUT2D eigenvalue weighted by atomic mass is 16.2. The van der Waals surface area contributed by atoms with Crippen LogP contribution in [-0.2, 0) is 9.59 Å². The van der Waals surface area contributed by atoms with Gasteiger partial charge in [0.15, 0.2) is 0 Å². The average molecular weight is 318 g/mol. The maximum Gasteiger partial charge on any atom is 0.251 e. The van der Waals surface area contributed by atoms with Crippen molar-refractivity contribution in [3.8, 4) is 0 Å². The van der Waals surface area contributed by atoms with Crippen molar-refractivity contribution in [3.63, 3.8) is 0 Å². The van der Waals surface area contributed by atoms with Crippen LogP contribution in [0.3, 0.4) is 0 Å². The summed E-state index contributed by atoms with van der Waals surface area (Å²) in [4.78, 5) is 34.5. The Hall–Kier alpha value is -2.41. The van der Waals surface area contributed by atoms with Gasteiger partial charge < -0.3 is 21.7 Å². The summed E-state index contributed by atoms with van der Waals surface area (Å²) in [5, 5.41) is 8.48. The van der Waals surface area contributed by atoms with Crippen LogP contribution in [0.5, 0.6) is 0 Å². The lowest BCUT2D eigenvalue weighted by Crippen LogP contribution is -2.33. The van der Waals surface area contributed by atoms with Gasteiger partial charge in [0.25, 0.3) is 5.91 Å². The van der Waals surface area contributed by atoms with Gasteiger partial charge in [-0.3, -0.25) is 14.4 Å². The van der Waals surface area contributed by atoms with Crippen molar-refractivity contribution in [1.29, 1.82) is 0 Å². The molecule has 0 aromatic heterocycles. The largest absolute Gasteiger partial charge is 0.368 e. The number of nitrogens with one attached hydrogen (secondary N) is 3. The summed E-state index contributed by atoms with van der Waals surface area (Å²) in [5.74, 6) is -0.514. The molecule has 0 aliphatic carbocycles. The predicted molar refractivity (Wildman–Crippen MR) is 86.8 cm³/mol. The van der Waals surface area contributed by atoms with Crippen LogP contribution in [0, 0.1) is 5.92 Å². The average Bonchev–Trinajstić information content (AvgIpc) is 3.04. The van der Waals surface area contributed by atoms with E-state index in [0.717, 1.165) is 25.9 Å². The molecule has 1 aliphatic rings. The van der Waals surface area contributed by atoms with Gasteiger partial charge in [0, 0.05) is 17.7 Å². The van der Waals surface area contributed by atoms with Gasteiger partial charge in [0.2, 0.25) is 11.8 Å². The van der Waals surface area contributed by atoms with Gasteiger partial charge in [0.05, 0.1) is 6.54 Å². The van der Waals surface area contributed by atoms with Crippen molar-refractivity contribution >= 4 is 23.4 Å². The molecule has 1 aromatic rings. The quantitative estimate of drug-likeness (QED) is 0.576. The normalized spacial score (nSPS) is 16.8. The second kappa shape index (κ2) is 8.28. The second-order valence-corrected chi connectivity index (χ2v) is 5.68. The Balaban J connectivity index is 1.84. The zero-order valence-electron chi connectivity index (χ0n) is 12.9. The summed E-state index contributed by atoms with van der Waals surface area (Å²) in [6.45, 7) is 1.78. The number of primary amides is 1. The SMILES string of the molecule is NC(=O)CNC(=O)c1cccc(NC(=O)CCC2CCNC2)c1. The molecule has 0 saturated carbocycles. The second-order valence-electron chi connectivity index (χ2n) is 5.68. The van der Waals surface area contributed by atoms with E-state index < -0.39 is 11.8 Å². The molecular formula is C16H22N4O3. The maximum absolute atomic E-state index is 12.0. The van der Waals surface area contributed by atoms with Crippen LogP contribution >= 0.6 is 0 Å². The molecule has 3 amide bonds. The van der Waals surface area contributed by atoms with Gasteiger partial charge in [-0.25, -0.2) is 0 Å². The van der Waals surface area contributed by atoms with E-state index in [0.29, 0.717) is 23.6 Å². The zero-order chi connectivity index (χ0) is 16.7. The molecule has 1 unspecified atom stereocenters. The third-order valence-electron chi connectivity index (χ3n) is 3.77. The summed E-state index contributed by atoms with van der Waals surface area (Å²) in [7, 11) is 0. The molecule has 124 valence electrons. The lowest BCUT2D eigenvalue weighted by atomic mass is 10.0. The van der Waals surface area contributed by atoms with Gasteiger partial charge >= 0.3 is 0 Å². The van der Waals surface area contributed by atoms with Crippen LogP contribution in [0.4, 0.5) is 5.69 Å². The van der Waals surface area contributed by atoms with Crippen LogP contribution in [-0.4, -0.2) is 37.4 Å². The molecule has 1 fully saturated rings. The number of amides is 3. The van der Waals surface area contributed by atoms with Crippen molar-refractivity contribution < 1.29 is 14.4 Å². The first-order valence-corrected chi connectivity index (χ1v) is 7.71. The van der Waals surface area contributed by atoms with Crippen LogP contribution in [0.15, 0.2) is 24.3 Å². The molecular weight excluding hydrogens is 296 g/mol. The summed E-state index contributed by atoms with van der Waals surface area (Å²) in [6.07, 6.45) is 2.44. The molecule has 0 spiro atoms. The van der Waals surface area contributed by atoms with E-state index in [-0.39, 0.29) is 12.5 Å². The van der Waals surface area contributed by atoms with Crippen LogP contribution in [0.1, 0.15) is 29.6 Å². The van der Waals surface area contributed by atoms with Gasteiger partial charge in [-0.05, 0) is 50.0 Å². The molecule has 1 aliphatic heterocycles. The van der Waals surface area contributed by atoms with E-state index in [9.17, 15) is 14.4 Å². The monoisotopic (exact) mass is 318 g/mol. The topological polar surface area (TPSA) is 113 Å². The number of hydrogen-bond donors (Lipinski definition) is 4. The van der Waals surface area contributed by atoms with E-state index in [2.05, 4.69) is 16.0 Å². The third-order valence-corrected chi connectivity index (χ3v) is 3.77. The van der Waals surface area contributed by atoms with E-state index in [4.69, 9.17) is 5.73 Å². The number of carbonyl (C=O) groups excluding carboxylic acids is 3. The Morgan fingerprint density at radius 1 is 1.30 bits per heavy atom. The molecule has 1 atom stereocenters. The lowest BCUT2D eigenvalue weighted by Gasteiger charge is -2.10. The van der Waals surface area contributed by atoms with Crippen molar-refractivity contribution in [2.45, 2.75) is 19.3 Å². The fourth-order valence-electron chi connectivity index (χ4n) is 2.53. The Morgan fingerprint density at radius 3 is 2.83 bits per heavy atom. The van der Waals surface area contributed by atoms with Gasteiger partial charge in [-0.15, -0.1) is 0 Å². The molecule has 1 heterocycles. The van der Waals surface area contributed by atoms with E-state index in [1.807, 2.05) is 0 Å². The first-order chi connectivity index (χ1) is 11.0. The van der Waals surface area contributed by atoms with E-state index in [1.165, 1.54) is 0 Å². The first kappa shape index (κ1) is 17.0. The highest BCUT2D eigenvalue weighted by Crippen LogP contribution is 2.16. The van der Waals surface area contributed by atoms with Crippen LogP contribution < -0.4 is 21.7 Å². The van der Waals surface area contributed by atoms with E-state index in [1.54, 1.807) is 24.3 Å². The fourth-order valence-corrected chi connectivity index (χ4v) is 2.53. The Labute approximate surface area is 135 Å². The highest BCUT2D eigenvalue weighted by molar-refractivity contribution is 5.98. The van der Waals surface area contributed by atoms with Crippen LogP contribution in [0.25, 0.3) is 0 Å². The van der Waals surface area contributed by atoms with Crippen LogP contribution in [0.2, 0.25) is 0 Å². The summed E-state index contributed by atoms with van der Waals surface area (Å²) >= 11 is 0. The lowest BCUT2D eigenvalue weighted by molar-refractivity contribution is -0.117. The minimum Gasteiger partial charge on any atom is -0.368 e. The fraction of sp³-hybridized carbons (Fsp3) is 0.438. The number of rotatable bonds is 7. The molecule has 23 heavy (non-hydrogen) atoms. The molecule has 1 aromatic carbocycles. The summed E-state index contributed by atoms with van der Waals surface area (Å²) < 4.78 is 0. The van der Waals surface area contributed by atoms with Crippen molar-refractivity contribution in [2.75, 3.05) is 25.0 Å². The van der Waals surface area contributed by atoms with Gasteiger partial charge in [-0.1, -0.05) is 6.07 Å². The molecule has 0 bridgehead atoms. The van der Waals surface area contributed by atoms with Crippen molar-refractivity contribution in [1.82, 2.24) is 10.6 Å². The summed E-state index contributed by atoms with van der Waals surface area (Å²) in [5.41, 5.74) is 5.91. The summed E-state index contributed by atoms with van der Waals surface area (Å²) in [6, 6.07) is 6.58. The highest BCUT2D eigenvalue weighted by Gasteiger charge is 2.16.